The van der Waals surface area contributed by atoms with Crippen LogP contribution in [0.3, 0.4) is 0 Å². The van der Waals surface area contributed by atoms with E-state index in [0.717, 1.165) is 17.1 Å². The minimum atomic E-state index is 1.01. The van der Waals surface area contributed by atoms with Crippen molar-refractivity contribution in [1.82, 2.24) is 14.8 Å². The molecule has 2 heterocycles. The lowest BCUT2D eigenvalue weighted by Gasteiger charge is -2.12. The number of fused-ring (bicyclic) bond motifs is 2. The van der Waals surface area contributed by atoms with E-state index in [2.05, 4.69) is 36.7 Å². The maximum atomic E-state index is 4.76. The normalized spacial score (nSPS) is 14.7. The average molecular weight is 283 g/mol. The molecule has 1 aliphatic rings. The molecule has 3 nitrogen and oxygen atoms in total. The van der Waals surface area contributed by atoms with Gasteiger partial charge in [-0.1, -0.05) is 17.4 Å². The Hall–Kier alpha value is -1.68. The largest absolute Gasteiger partial charge is 0.218 e. The second-order valence-electron chi connectivity index (χ2n) is 5.60. The van der Waals surface area contributed by atoms with Gasteiger partial charge in [-0.05, 0) is 62.8 Å². The lowest BCUT2D eigenvalue weighted by Crippen LogP contribution is -2.07. The van der Waals surface area contributed by atoms with E-state index in [1.54, 1.807) is 11.3 Å². The lowest BCUT2D eigenvalue weighted by molar-refractivity contribution is 0.652. The fourth-order valence-electron chi connectivity index (χ4n) is 3.05. The first-order valence-electron chi connectivity index (χ1n) is 7.17. The minimum absolute atomic E-state index is 1.01. The molecular weight excluding hydrogens is 266 g/mol. The van der Waals surface area contributed by atoms with Crippen LogP contribution >= 0.6 is 11.3 Å². The molecule has 0 unspecified atom stereocenters. The second-order valence-corrected chi connectivity index (χ2v) is 6.61. The zero-order valence-corrected chi connectivity index (χ0v) is 12.6. The van der Waals surface area contributed by atoms with Gasteiger partial charge in [-0.2, -0.15) is 5.10 Å². The van der Waals surface area contributed by atoms with Crippen molar-refractivity contribution in [2.75, 3.05) is 0 Å². The summed E-state index contributed by atoms with van der Waals surface area (Å²) in [5, 5.41) is 5.76. The van der Waals surface area contributed by atoms with Crippen LogP contribution in [0, 0.1) is 13.8 Å². The van der Waals surface area contributed by atoms with Crippen molar-refractivity contribution in [2.45, 2.75) is 39.5 Å². The third-order valence-electron chi connectivity index (χ3n) is 4.09. The number of nitrogens with zero attached hydrogens (tertiary/aromatic N) is 3. The Balaban J connectivity index is 1.90. The highest BCUT2D eigenvalue weighted by atomic mass is 32.1. The zero-order chi connectivity index (χ0) is 13.7. The highest BCUT2D eigenvalue weighted by molar-refractivity contribution is 7.20. The molecule has 4 rings (SSSR count). The maximum Gasteiger partial charge on any atom is 0.211 e. The Labute approximate surface area is 122 Å². The topological polar surface area (TPSA) is 30.7 Å². The SMILES string of the molecule is Cc1ccc2nc(-n3nc(C)c4c3CCCC4)sc2c1. The van der Waals surface area contributed by atoms with Gasteiger partial charge in [-0.25, -0.2) is 9.67 Å². The lowest BCUT2D eigenvalue weighted by atomic mass is 9.96. The summed E-state index contributed by atoms with van der Waals surface area (Å²) in [6.07, 6.45) is 4.86. The zero-order valence-electron chi connectivity index (χ0n) is 11.8. The van der Waals surface area contributed by atoms with Gasteiger partial charge in [0.05, 0.1) is 21.6 Å². The molecule has 0 radical (unpaired) electrons. The fraction of sp³-hybridized carbons (Fsp3) is 0.375. The van der Waals surface area contributed by atoms with Gasteiger partial charge in [-0.15, -0.1) is 0 Å². The smallest absolute Gasteiger partial charge is 0.211 e. The van der Waals surface area contributed by atoms with Gasteiger partial charge in [0, 0.05) is 0 Å². The van der Waals surface area contributed by atoms with Gasteiger partial charge in [0.15, 0.2) is 0 Å². The van der Waals surface area contributed by atoms with Crippen molar-refractivity contribution >= 4 is 21.6 Å². The maximum absolute atomic E-state index is 4.76. The van der Waals surface area contributed by atoms with Crippen molar-refractivity contribution in [3.8, 4) is 5.13 Å². The Morgan fingerprint density at radius 3 is 2.90 bits per heavy atom. The molecule has 0 spiro atoms. The van der Waals surface area contributed by atoms with Gasteiger partial charge in [0.2, 0.25) is 5.13 Å². The monoisotopic (exact) mass is 283 g/mol. The minimum Gasteiger partial charge on any atom is -0.218 e. The Morgan fingerprint density at radius 1 is 1.15 bits per heavy atom. The van der Waals surface area contributed by atoms with E-state index < -0.39 is 0 Å². The van der Waals surface area contributed by atoms with E-state index in [4.69, 9.17) is 10.1 Å². The molecule has 0 amide bonds. The van der Waals surface area contributed by atoms with Crippen molar-refractivity contribution < 1.29 is 0 Å². The number of aromatic nitrogens is 3. The molecule has 0 saturated carbocycles. The van der Waals surface area contributed by atoms with Crippen LogP contribution < -0.4 is 0 Å². The van der Waals surface area contributed by atoms with Crippen molar-refractivity contribution in [3.05, 3.63) is 40.7 Å². The van der Waals surface area contributed by atoms with E-state index in [1.165, 1.54) is 46.5 Å². The van der Waals surface area contributed by atoms with Crippen LogP contribution in [0.5, 0.6) is 0 Å². The van der Waals surface area contributed by atoms with Crippen LogP contribution in [0.2, 0.25) is 0 Å². The summed E-state index contributed by atoms with van der Waals surface area (Å²) in [5.74, 6) is 0. The number of hydrogen-bond acceptors (Lipinski definition) is 3. The van der Waals surface area contributed by atoms with Gasteiger partial charge >= 0.3 is 0 Å². The molecule has 4 heteroatoms. The first-order valence-corrected chi connectivity index (χ1v) is 7.99. The summed E-state index contributed by atoms with van der Waals surface area (Å²) in [7, 11) is 0. The number of aryl methyl sites for hydroxylation is 2. The van der Waals surface area contributed by atoms with E-state index >= 15 is 0 Å². The van der Waals surface area contributed by atoms with Crippen molar-refractivity contribution in [1.29, 1.82) is 0 Å². The fourth-order valence-corrected chi connectivity index (χ4v) is 4.09. The van der Waals surface area contributed by atoms with Crippen LogP contribution in [-0.2, 0) is 12.8 Å². The van der Waals surface area contributed by atoms with Crippen molar-refractivity contribution in [3.63, 3.8) is 0 Å². The van der Waals surface area contributed by atoms with Crippen LogP contribution in [-0.4, -0.2) is 14.8 Å². The summed E-state index contributed by atoms with van der Waals surface area (Å²) in [6.45, 7) is 4.25. The number of hydrogen-bond donors (Lipinski definition) is 0. The first-order chi connectivity index (χ1) is 9.72. The molecule has 0 aliphatic heterocycles. The molecule has 3 aromatic rings. The molecular formula is C16H17N3S. The average Bonchev–Trinajstić information content (AvgIpc) is 3.00. The highest BCUT2D eigenvalue weighted by Crippen LogP contribution is 2.30. The molecule has 20 heavy (non-hydrogen) atoms. The molecule has 1 aromatic carbocycles. The Bertz CT molecular complexity index is 798. The summed E-state index contributed by atoms with van der Waals surface area (Å²) >= 11 is 1.74. The van der Waals surface area contributed by atoms with Gasteiger partial charge in [0.25, 0.3) is 0 Å². The van der Waals surface area contributed by atoms with E-state index in [-0.39, 0.29) is 0 Å². The predicted molar refractivity (Wildman–Crippen MR) is 82.9 cm³/mol. The third-order valence-corrected chi connectivity index (χ3v) is 5.09. The van der Waals surface area contributed by atoms with Crippen LogP contribution in [0.1, 0.15) is 35.4 Å². The van der Waals surface area contributed by atoms with Crippen molar-refractivity contribution in [2.24, 2.45) is 0 Å². The molecule has 0 saturated heterocycles. The van der Waals surface area contributed by atoms with E-state index in [9.17, 15) is 0 Å². The quantitative estimate of drug-likeness (QED) is 0.676. The summed E-state index contributed by atoms with van der Waals surface area (Å²) in [6, 6.07) is 6.43. The molecule has 102 valence electrons. The molecule has 1 aliphatic carbocycles. The summed E-state index contributed by atoms with van der Waals surface area (Å²) in [4.78, 5) is 4.76. The predicted octanol–water partition coefficient (Wildman–Crippen LogP) is 3.98. The van der Waals surface area contributed by atoms with Crippen LogP contribution in [0.25, 0.3) is 15.3 Å². The highest BCUT2D eigenvalue weighted by Gasteiger charge is 2.21. The van der Waals surface area contributed by atoms with E-state index in [1.807, 2.05) is 0 Å². The van der Waals surface area contributed by atoms with Gasteiger partial charge in [-0.3, -0.25) is 0 Å². The number of benzene rings is 1. The molecule has 0 fully saturated rings. The summed E-state index contributed by atoms with van der Waals surface area (Å²) < 4.78 is 3.34. The number of thiazole rings is 1. The van der Waals surface area contributed by atoms with Crippen LogP contribution in [0.4, 0.5) is 0 Å². The molecule has 2 aromatic heterocycles. The third kappa shape index (κ3) is 1.79. The molecule has 0 bridgehead atoms. The number of rotatable bonds is 1. The van der Waals surface area contributed by atoms with Crippen LogP contribution in [0.15, 0.2) is 18.2 Å². The Morgan fingerprint density at radius 2 is 2.00 bits per heavy atom. The van der Waals surface area contributed by atoms with E-state index in [0.29, 0.717) is 0 Å². The standard InChI is InChI=1S/C16H17N3S/c1-10-7-8-13-15(9-10)20-16(17-13)19-14-6-4-3-5-12(14)11(2)18-19/h7-9H,3-6H2,1-2H3. The molecule has 0 N–H and O–H groups in total. The molecule has 0 atom stereocenters. The Kier molecular flexibility index (Phi) is 2.67. The summed E-state index contributed by atoms with van der Waals surface area (Å²) in [5.41, 5.74) is 6.37. The first kappa shape index (κ1) is 12.1. The van der Waals surface area contributed by atoms with Gasteiger partial charge in [0.1, 0.15) is 0 Å². The van der Waals surface area contributed by atoms with Gasteiger partial charge < -0.3 is 0 Å². The second kappa shape index (κ2) is 4.42.